The lowest BCUT2D eigenvalue weighted by Gasteiger charge is -2.26. The van der Waals surface area contributed by atoms with E-state index in [1.807, 2.05) is 30.3 Å². The fourth-order valence-electron chi connectivity index (χ4n) is 3.10. The zero-order valence-electron chi connectivity index (χ0n) is 17.3. The average molecular weight is 512 g/mol. The first-order chi connectivity index (χ1) is 13.6. The van der Waals surface area contributed by atoms with Gasteiger partial charge in [-0.05, 0) is 49.5 Å². The number of rotatable bonds is 7. The van der Waals surface area contributed by atoms with Gasteiger partial charge in [0.1, 0.15) is 5.75 Å². The van der Waals surface area contributed by atoms with Crippen molar-refractivity contribution < 1.29 is 14.2 Å². The molecule has 1 heterocycles. The van der Waals surface area contributed by atoms with E-state index < -0.39 is 0 Å². The molecule has 1 aliphatic heterocycles. The lowest BCUT2D eigenvalue weighted by Crippen LogP contribution is -2.41. The Morgan fingerprint density at radius 3 is 2.66 bits per heavy atom. The number of likely N-dealkylation sites (N-methyl/N-ethyl adjacent to an activating group) is 1. The molecule has 0 aromatic heterocycles. The second-order valence-electron chi connectivity index (χ2n) is 6.75. The number of guanidine groups is 1. The molecular weight excluding hydrogens is 483 g/mol. The highest BCUT2D eigenvalue weighted by Gasteiger charge is 2.16. The van der Waals surface area contributed by atoms with Crippen LogP contribution in [0.15, 0.2) is 47.5 Å². The zero-order valence-corrected chi connectivity index (χ0v) is 19.6. The molecule has 158 valence electrons. The van der Waals surface area contributed by atoms with Gasteiger partial charge >= 0.3 is 0 Å². The number of fused-ring (bicyclic) bond motifs is 1. The molecule has 29 heavy (non-hydrogen) atoms. The van der Waals surface area contributed by atoms with Crippen molar-refractivity contribution in [3.05, 3.63) is 53.6 Å². The Morgan fingerprint density at radius 1 is 1.14 bits per heavy atom. The van der Waals surface area contributed by atoms with Crippen molar-refractivity contribution >= 4 is 29.9 Å². The van der Waals surface area contributed by atoms with Crippen molar-refractivity contribution in [2.45, 2.75) is 12.6 Å². The van der Waals surface area contributed by atoms with Crippen molar-refractivity contribution in [2.75, 3.05) is 41.6 Å². The van der Waals surface area contributed by atoms with Crippen LogP contribution >= 0.6 is 24.0 Å². The summed E-state index contributed by atoms with van der Waals surface area (Å²) in [7, 11) is 7.58. The summed E-state index contributed by atoms with van der Waals surface area (Å²) in [5.74, 6) is 3.17. The molecule has 0 spiro atoms. The van der Waals surface area contributed by atoms with Crippen LogP contribution in [-0.4, -0.2) is 52.4 Å². The number of benzene rings is 2. The molecule has 2 aromatic carbocycles. The van der Waals surface area contributed by atoms with Crippen LogP contribution < -0.4 is 24.8 Å². The third kappa shape index (κ3) is 6.14. The smallest absolute Gasteiger partial charge is 0.231 e. The summed E-state index contributed by atoms with van der Waals surface area (Å²) in [6.07, 6.45) is 0. The minimum Gasteiger partial charge on any atom is -0.497 e. The third-order valence-corrected chi connectivity index (χ3v) is 4.69. The Labute approximate surface area is 189 Å². The van der Waals surface area contributed by atoms with Gasteiger partial charge in [-0.2, -0.15) is 0 Å². The lowest BCUT2D eigenvalue weighted by atomic mass is 10.1. The van der Waals surface area contributed by atoms with Crippen LogP contribution in [-0.2, 0) is 6.54 Å². The summed E-state index contributed by atoms with van der Waals surface area (Å²) in [6.45, 7) is 1.63. The minimum atomic E-state index is 0. The molecule has 1 aliphatic rings. The first-order valence-corrected chi connectivity index (χ1v) is 9.24. The van der Waals surface area contributed by atoms with E-state index in [-0.39, 0.29) is 36.8 Å². The Balaban J connectivity index is 0.00000300. The third-order valence-electron chi connectivity index (χ3n) is 4.69. The summed E-state index contributed by atoms with van der Waals surface area (Å²) in [5, 5.41) is 6.75. The van der Waals surface area contributed by atoms with E-state index in [1.165, 1.54) is 5.56 Å². The van der Waals surface area contributed by atoms with Gasteiger partial charge in [0.25, 0.3) is 0 Å². The molecule has 0 aliphatic carbocycles. The molecule has 3 rings (SSSR count). The summed E-state index contributed by atoms with van der Waals surface area (Å²) >= 11 is 0. The van der Waals surface area contributed by atoms with Crippen LogP contribution in [0.5, 0.6) is 17.2 Å². The molecule has 1 unspecified atom stereocenters. The van der Waals surface area contributed by atoms with Gasteiger partial charge in [-0.3, -0.25) is 4.99 Å². The van der Waals surface area contributed by atoms with E-state index >= 15 is 0 Å². The highest BCUT2D eigenvalue weighted by molar-refractivity contribution is 14.0. The second kappa shape index (κ2) is 11.1. The maximum absolute atomic E-state index is 5.43. The number of aliphatic imine (C=N–C) groups is 1. The van der Waals surface area contributed by atoms with E-state index in [4.69, 9.17) is 14.2 Å². The van der Waals surface area contributed by atoms with Crippen molar-refractivity contribution in [1.29, 1.82) is 0 Å². The van der Waals surface area contributed by atoms with E-state index in [9.17, 15) is 0 Å². The fourth-order valence-corrected chi connectivity index (χ4v) is 3.10. The van der Waals surface area contributed by atoms with Crippen molar-refractivity contribution in [3.8, 4) is 17.2 Å². The topological polar surface area (TPSA) is 67.4 Å². The van der Waals surface area contributed by atoms with Crippen molar-refractivity contribution in [1.82, 2.24) is 15.5 Å². The van der Waals surface area contributed by atoms with Gasteiger partial charge < -0.3 is 29.7 Å². The zero-order chi connectivity index (χ0) is 19.9. The number of nitrogens with one attached hydrogen (secondary N) is 2. The normalized spacial score (nSPS) is 13.6. The molecule has 7 nitrogen and oxygen atoms in total. The van der Waals surface area contributed by atoms with Gasteiger partial charge in [0.05, 0.1) is 13.2 Å². The van der Waals surface area contributed by atoms with Gasteiger partial charge in [0.15, 0.2) is 17.5 Å². The molecule has 2 aromatic rings. The van der Waals surface area contributed by atoms with Gasteiger partial charge in [-0.1, -0.05) is 18.2 Å². The number of hydrogen-bond acceptors (Lipinski definition) is 5. The number of methoxy groups -OCH3 is 1. The van der Waals surface area contributed by atoms with Gasteiger partial charge in [0, 0.05) is 20.1 Å². The van der Waals surface area contributed by atoms with Crippen molar-refractivity contribution in [2.24, 2.45) is 4.99 Å². The largest absolute Gasteiger partial charge is 0.497 e. The Kier molecular flexibility index (Phi) is 8.84. The summed E-state index contributed by atoms with van der Waals surface area (Å²) < 4.78 is 16.1. The quantitative estimate of drug-likeness (QED) is 0.338. The summed E-state index contributed by atoms with van der Waals surface area (Å²) in [6, 6.07) is 14.3. The first-order valence-electron chi connectivity index (χ1n) is 9.24. The number of ether oxygens (including phenoxy) is 3. The Morgan fingerprint density at radius 2 is 1.93 bits per heavy atom. The highest BCUT2D eigenvalue weighted by atomic mass is 127. The molecule has 2 N–H and O–H groups in total. The first kappa shape index (κ1) is 23.1. The predicted molar refractivity (Wildman–Crippen MR) is 126 cm³/mol. The molecule has 0 amide bonds. The predicted octanol–water partition coefficient (Wildman–Crippen LogP) is 3.01. The Hall–Kier alpha value is -2.20. The number of nitrogens with zero attached hydrogens (tertiary/aromatic N) is 2. The second-order valence-corrected chi connectivity index (χ2v) is 6.75. The standard InChI is InChI=1S/C21H28N4O3.HI/c1-22-21(23-12-15-8-9-19-20(10-15)28-14-27-19)24-13-18(25(2)3)16-6-5-7-17(11-16)26-4;/h5-11,18H,12-14H2,1-4H3,(H2,22,23,24);1H. The molecule has 8 heteroatoms. The molecule has 0 fully saturated rings. The van der Waals surface area contributed by atoms with E-state index in [0.29, 0.717) is 13.1 Å². The Bertz CT molecular complexity index is 829. The molecule has 1 atom stereocenters. The van der Waals surface area contributed by atoms with E-state index in [0.717, 1.165) is 28.8 Å². The van der Waals surface area contributed by atoms with E-state index in [1.54, 1.807) is 14.2 Å². The van der Waals surface area contributed by atoms with Gasteiger partial charge in [-0.25, -0.2) is 0 Å². The SMILES string of the molecule is CN=C(NCc1ccc2c(c1)OCO2)NCC(c1cccc(OC)c1)N(C)C.I. The van der Waals surface area contributed by atoms with Crippen LogP contribution in [0.25, 0.3) is 0 Å². The highest BCUT2D eigenvalue weighted by Crippen LogP contribution is 2.32. The fraction of sp³-hybridized carbons (Fsp3) is 0.381. The van der Waals surface area contributed by atoms with Crippen LogP contribution in [0.3, 0.4) is 0 Å². The van der Waals surface area contributed by atoms with Crippen LogP contribution in [0.1, 0.15) is 17.2 Å². The van der Waals surface area contributed by atoms with Crippen LogP contribution in [0.4, 0.5) is 0 Å². The monoisotopic (exact) mass is 512 g/mol. The molecule has 0 bridgehead atoms. The maximum Gasteiger partial charge on any atom is 0.231 e. The maximum atomic E-state index is 5.43. The van der Waals surface area contributed by atoms with E-state index in [2.05, 4.69) is 46.8 Å². The number of halogens is 1. The van der Waals surface area contributed by atoms with Crippen molar-refractivity contribution in [3.63, 3.8) is 0 Å². The lowest BCUT2D eigenvalue weighted by molar-refractivity contribution is 0.174. The minimum absolute atomic E-state index is 0. The molecule has 0 radical (unpaired) electrons. The molecular formula is C21H29IN4O3. The molecule has 0 saturated carbocycles. The average Bonchev–Trinajstić information content (AvgIpc) is 3.18. The summed E-state index contributed by atoms with van der Waals surface area (Å²) in [5.41, 5.74) is 2.28. The number of hydrogen-bond donors (Lipinski definition) is 2. The van der Waals surface area contributed by atoms with Crippen LogP contribution in [0, 0.1) is 0 Å². The molecule has 0 saturated heterocycles. The van der Waals surface area contributed by atoms with Gasteiger partial charge in [-0.15, -0.1) is 24.0 Å². The van der Waals surface area contributed by atoms with Gasteiger partial charge in [0.2, 0.25) is 6.79 Å². The summed E-state index contributed by atoms with van der Waals surface area (Å²) in [4.78, 5) is 6.50. The van der Waals surface area contributed by atoms with Crippen LogP contribution in [0.2, 0.25) is 0 Å².